The fourth-order valence-electron chi connectivity index (χ4n) is 2.21. The van der Waals surface area contributed by atoms with Crippen molar-refractivity contribution in [2.24, 2.45) is 0 Å². The van der Waals surface area contributed by atoms with Crippen molar-refractivity contribution in [2.45, 2.75) is 33.0 Å². The first-order valence-corrected chi connectivity index (χ1v) is 5.88. The molecular weight excluding hydrogens is 218 g/mol. The first-order valence-electron chi connectivity index (χ1n) is 5.88. The number of ether oxygens (including phenoxy) is 1. The number of aryl methyl sites for hydroxylation is 1. The van der Waals surface area contributed by atoms with Crippen LogP contribution in [0.25, 0.3) is 0 Å². The smallest absolute Gasteiger partial charge is 0.129 e. The number of hydrogen-bond acceptors (Lipinski definition) is 5. The Bertz CT molecular complexity index is 387. The zero-order valence-corrected chi connectivity index (χ0v) is 10.5. The van der Waals surface area contributed by atoms with Gasteiger partial charge in [-0.15, -0.1) is 0 Å². The van der Waals surface area contributed by atoms with Gasteiger partial charge in [0.15, 0.2) is 0 Å². The SMILES string of the molecule is Cc1nc(N2CC(C)OC(C)C2)ccc1NO. The van der Waals surface area contributed by atoms with Crippen LogP contribution in [0.5, 0.6) is 0 Å². The summed E-state index contributed by atoms with van der Waals surface area (Å²) in [5.74, 6) is 0.934. The number of morpholine rings is 1. The van der Waals surface area contributed by atoms with E-state index in [1.54, 1.807) is 0 Å². The standard InChI is InChI=1S/C12H19N3O2/c1-8-6-15(7-9(2)17-8)12-5-4-11(14-16)10(3)13-12/h4-5,8-9,14,16H,6-7H2,1-3H3. The average molecular weight is 237 g/mol. The minimum absolute atomic E-state index is 0.219. The minimum atomic E-state index is 0.219. The van der Waals surface area contributed by atoms with Gasteiger partial charge in [-0.2, -0.15) is 0 Å². The third-order valence-corrected chi connectivity index (χ3v) is 2.94. The summed E-state index contributed by atoms with van der Waals surface area (Å²) in [5.41, 5.74) is 3.57. The van der Waals surface area contributed by atoms with Crippen LogP contribution in [0.15, 0.2) is 12.1 Å². The molecule has 1 aliphatic heterocycles. The third kappa shape index (κ3) is 2.68. The molecule has 1 aromatic rings. The zero-order valence-electron chi connectivity index (χ0n) is 10.5. The lowest BCUT2D eigenvalue weighted by Crippen LogP contribution is -2.45. The largest absolute Gasteiger partial charge is 0.372 e. The summed E-state index contributed by atoms with van der Waals surface area (Å²) < 4.78 is 5.69. The molecular formula is C12H19N3O2. The lowest BCUT2D eigenvalue weighted by Gasteiger charge is -2.36. The molecule has 5 heteroatoms. The molecule has 0 radical (unpaired) electrons. The summed E-state index contributed by atoms with van der Waals surface area (Å²) in [6, 6.07) is 3.75. The Balaban J connectivity index is 2.19. The maximum absolute atomic E-state index is 8.88. The summed E-state index contributed by atoms with van der Waals surface area (Å²) >= 11 is 0. The zero-order chi connectivity index (χ0) is 12.4. The summed E-state index contributed by atoms with van der Waals surface area (Å²) in [5, 5.41) is 8.88. The van der Waals surface area contributed by atoms with Crippen LogP contribution in [0, 0.1) is 6.92 Å². The number of pyridine rings is 1. The van der Waals surface area contributed by atoms with E-state index in [1.165, 1.54) is 0 Å². The van der Waals surface area contributed by atoms with Gasteiger partial charge in [-0.05, 0) is 32.9 Å². The van der Waals surface area contributed by atoms with Gasteiger partial charge in [0.2, 0.25) is 0 Å². The molecule has 0 aromatic carbocycles. The topological polar surface area (TPSA) is 57.6 Å². The van der Waals surface area contributed by atoms with Crippen molar-refractivity contribution < 1.29 is 9.94 Å². The fraction of sp³-hybridized carbons (Fsp3) is 0.583. The van der Waals surface area contributed by atoms with Crippen molar-refractivity contribution in [2.75, 3.05) is 23.5 Å². The highest BCUT2D eigenvalue weighted by atomic mass is 16.5. The van der Waals surface area contributed by atoms with Crippen molar-refractivity contribution in [1.82, 2.24) is 4.98 Å². The fourth-order valence-corrected chi connectivity index (χ4v) is 2.21. The number of nitrogens with zero attached hydrogens (tertiary/aromatic N) is 2. The van der Waals surface area contributed by atoms with Crippen molar-refractivity contribution >= 4 is 11.5 Å². The highest BCUT2D eigenvalue weighted by Crippen LogP contribution is 2.21. The number of nitrogens with one attached hydrogen (secondary N) is 1. The van der Waals surface area contributed by atoms with Crippen molar-refractivity contribution in [3.8, 4) is 0 Å². The van der Waals surface area contributed by atoms with E-state index < -0.39 is 0 Å². The molecule has 1 fully saturated rings. The van der Waals surface area contributed by atoms with Gasteiger partial charge < -0.3 is 9.64 Å². The van der Waals surface area contributed by atoms with Crippen LogP contribution in [0.1, 0.15) is 19.5 Å². The van der Waals surface area contributed by atoms with Crippen LogP contribution in [0.2, 0.25) is 0 Å². The molecule has 5 nitrogen and oxygen atoms in total. The normalized spacial score (nSPS) is 24.8. The number of anilines is 2. The molecule has 17 heavy (non-hydrogen) atoms. The summed E-state index contributed by atoms with van der Waals surface area (Å²) in [6.07, 6.45) is 0.438. The van der Waals surface area contributed by atoms with Gasteiger partial charge in [-0.25, -0.2) is 4.98 Å². The molecule has 1 saturated heterocycles. The van der Waals surface area contributed by atoms with Crippen molar-refractivity contribution in [3.63, 3.8) is 0 Å². The van der Waals surface area contributed by atoms with Crippen molar-refractivity contribution in [3.05, 3.63) is 17.8 Å². The molecule has 2 atom stereocenters. The highest BCUT2D eigenvalue weighted by molar-refractivity contribution is 5.52. The molecule has 2 N–H and O–H groups in total. The molecule has 0 bridgehead atoms. The van der Waals surface area contributed by atoms with Crippen molar-refractivity contribution in [1.29, 1.82) is 0 Å². The highest BCUT2D eigenvalue weighted by Gasteiger charge is 2.23. The Morgan fingerprint density at radius 1 is 1.35 bits per heavy atom. The van der Waals surface area contributed by atoms with Gasteiger partial charge in [0.25, 0.3) is 0 Å². The Morgan fingerprint density at radius 2 is 2.00 bits per heavy atom. The van der Waals surface area contributed by atoms with Gasteiger partial charge in [0.05, 0.1) is 23.6 Å². The van der Waals surface area contributed by atoms with Crippen LogP contribution in [0.3, 0.4) is 0 Å². The first-order chi connectivity index (χ1) is 8.10. The molecule has 0 spiro atoms. The maximum Gasteiger partial charge on any atom is 0.129 e. The lowest BCUT2D eigenvalue weighted by molar-refractivity contribution is -0.00546. The molecule has 0 amide bonds. The number of hydrogen-bond donors (Lipinski definition) is 2. The van der Waals surface area contributed by atoms with E-state index in [2.05, 4.69) is 29.2 Å². The van der Waals surface area contributed by atoms with Gasteiger partial charge >= 0.3 is 0 Å². The monoisotopic (exact) mass is 237 g/mol. The second-order valence-electron chi connectivity index (χ2n) is 4.58. The van der Waals surface area contributed by atoms with Crippen LogP contribution < -0.4 is 10.4 Å². The second-order valence-corrected chi connectivity index (χ2v) is 4.58. The molecule has 2 heterocycles. The summed E-state index contributed by atoms with van der Waals surface area (Å²) in [6.45, 7) is 7.71. The maximum atomic E-state index is 8.88. The Kier molecular flexibility index (Phi) is 3.49. The van der Waals surface area contributed by atoms with E-state index in [-0.39, 0.29) is 12.2 Å². The van der Waals surface area contributed by atoms with E-state index in [1.807, 2.05) is 19.1 Å². The van der Waals surface area contributed by atoms with Crippen LogP contribution in [-0.4, -0.2) is 35.5 Å². The molecule has 1 aromatic heterocycles. The molecule has 2 rings (SSSR count). The predicted octanol–water partition coefficient (Wildman–Crippen LogP) is 1.80. The predicted molar refractivity (Wildman–Crippen MR) is 66.6 cm³/mol. The van der Waals surface area contributed by atoms with Gasteiger partial charge in [0, 0.05) is 13.1 Å². The van der Waals surface area contributed by atoms with E-state index in [0.717, 1.165) is 24.6 Å². The Morgan fingerprint density at radius 3 is 2.53 bits per heavy atom. The number of aromatic nitrogens is 1. The summed E-state index contributed by atoms with van der Waals surface area (Å²) in [7, 11) is 0. The van der Waals surface area contributed by atoms with Crippen LogP contribution in [-0.2, 0) is 4.74 Å². The van der Waals surface area contributed by atoms with Gasteiger partial charge in [0.1, 0.15) is 5.82 Å². The van der Waals surface area contributed by atoms with Gasteiger partial charge in [-0.1, -0.05) is 0 Å². The van der Waals surface area contributed by atoms with Gasteiger partial charge in [-0.3, -0.25) is 10.7 Å². The lowest BCUT2D eigenvalue weighted by atomic mass is 10.2. The molecule has 2 unspecified atom stereocenters. The molecule has 0 aliphatic carbocycles. The van der Waals surface area contributed by atoms with E-state index in [0.29, 0.717) is 5.69 Å². The van der Waals surface area contributed by atoms with E-state index in [4.69, 9.17) is 9.94 Å². The van der Waals surface area contributed by atoms with E-state index in [9.17, 15) is 0 Å². The third-order valence-electron chi connectivity index (χ3n) is 2.94. The molecule has 94 valence electrons. The van der Waals surface area contributed by atoms with Crippen LogP contribution >= 0.6 is 0 Å². The average Bonchev–Trinajstić information content (AvgIpc) is 2.27. The molecule has 1 aliphatic rings. The quantitative estimate of drug-likeness (QED) is 0.768. The molecule has 0 saturated carbocycles. The van der Waals surface area contributed by atoms with E-state index >= 15 is 0 Å². The minimum Gasteiger partial charge on any atom is -0.372 e. The first kappa shape index (κ1) is 12.1. The summed E-state index contributed by atoms with van der Waals surface area (Å²) in [4.78, 5) is 6.70. The van der Waals surface area contributed by atoms with Crippen LogP contribution in [0.4, 0.5) is 11.5 Å². The second kappa shape index (κ2) is 4.89. The Labute approximate surface area is 101 Å². The number of rotatable bonds is 2. The Hall–Kier alpha value is -1.33.